The van der Waals surface area contributed by atoms with Crippen LogP contribution in [0, 0.1) is 0 Å². The minimum absolute atomic E-state index is 0.0970. The number of aliphatic hydroxyl groups is 5. The fourth-order valence-electron chi connectivity index (χ4n) is 6.13. The van der Waals surface area contributed by atoms with Crippen LogP contribution in [-0.4, -0.2) is 87.5 Å². The van der Waals surface area contributed by atoms with Gasteiger partial charge in [0.2, 0.25) is 5.91 Å². The molecule has 1 fully saturated rings. The van der Waals surface area contributed by atoms with Crippen LogP contribution in [0.4, 0.5) is 0 Å². The van der Waals surface area contributed by atoms with Gasteiger partial charge in [-0.25, -0.2) is 0 Å². The topological polar surface area (TPSA) is 149 Å². The summed E-state index contributed by atoms with van der Waals surface area (Å²) in [5.41, 5.74) is 0. The molecule has 1 aliphatic heterocycles. The van der Waals surface area contributed by atoms with Gasteiger partial charge in [-0.15, -0.1) is 0 Å². The molecule has 0 saturated carbocycles. The molecule has 9 heteroatoms. The predicted octanol–water partition coefficient (Wildman–Crippen LogP) is 8.94. The summed E-state index contributed by atoms with van der Waals surface area (Å²) in [4.78, 5) is 12.9. The summed E-state index contributed by atoms with van der Waals surface area (Å²) in [6.07, 6.45) is 46.2. The first-order chi connectivity index (χ1) is 27.8. The third-order valence-corrected chi connectivity index (χ3v) is 9.65. The van der Waals surface area contributed by atoms with Gasteiger partial charge in [0, 0.05) is 6.42 Å². The zero-order valence-corrected chi connectivity index (χ0v) is 35.3. The Balaban J connectivity index is 2.50. The lowest BCUT2D eigenvalue weighted by molar-refractivity contribution is -0.302. The summed E-state index contributed by atoms with van der Waals surface area (Å²) in [6, 6.07) is -0.887. The van der Waals surface area contributed by atoms with Gasteiger partial charge in [-0.1, -0.05) is 162 Å². The van der Waals surface area contributed by atoms with E-state index in [2.05, 4.69) is 86.0 Å². The van der Waals surface area contributed by atoms with Crippen molar-refractivity contribution in [3.05, 3.63) is 97.2 Å². The molecule has 9 nitrogen and oxygen atoms in total. The fourth-order valence-corrected chi connectivity index (χ4v) is 6.13. The highest BCUT2D eigenvalue weighted by Gasteiger charge is 2.44. The lowest BCUT2D eigenvalue weighted by Crippen LogP contribution is -2.60. The zero-order chi connectivity index (χ0) is 41.6. The van der Waals surface area contributed by atoms with Gasteiger partial charge in [0.1, 0.15) is 24.4 Å². The minimum Gasteiger partial charge on any atom is -0.394 e. The van der Waals surface area contributed by atoms with E-state index in [1.165, 1.54) is 57.8 Å². The SMILES string of the molecule is CC/C=C\C/C=C\C/C=C\C/C=C\C/C=C\CC(=O)NC(COC1OC(CO)C(O)C(O)C1O)C(O)/C=C/CC/C=C/CC/C=C/CCCCCCCCCCC. The largest absolute Gasteiger partial charge is 0.394 e. The highest BCUT2D eigenvalue weighted by atomic mass is 16.7. The van der Waals surface area contributed by atoms with Crippen LogP contribution < -0.4 is 5.32 Å². The van der Waals surface area contributed by atoms with Crippen LogP contribution in [0.1, 0.15) is 142 Å². The Bertz CT molecular complexity index is 1200. The van der Waals surface area contributed by atoms with Crippen LogP contribution in [0.5, 0.6) is 0 Å². The molecular formula is C48H79NO8. The number of carbonyl (C=O) groups excluding carboxylic acids is 1. The predicted molar refractivity (Wildman–Crippen MR) is 234 cm³/mol. The Morgan fingerprint density at radius 2 is 1.11 bits per heavy atom. The van der Waals surface area contributed by atoms with E-state index in [9.17, 15) is 30.3 Å². The molecular weight excluding hydrogens is 719 g/mol. The Morgan fingerprint density at radius 1 is 0.614 bits per heavy atom. The summed E-state index contributed by atoms with van der Waals surface area (Å²) in [5, 5.41) is 54.0. The number of ether oxygens (including phenoxy) is 2. The number of amides is 1. The Labute approximate surface area is 345 Å². The molecule has 7 unspecified atom stereocenters. The lowest BCUT2D eigenvalue weighted by atomic mass is 9.99. The second-order valence-corrected chi connectivity index (χ2v) is 14.8. The molecule has 57 heavy (non-hydrogen) atoms. The smallest absolute Gasteiger partial charge is 0.224 e. The Kier molecular flexibility index (Phi) is 34.2. The lowest BCUT2D eigenvalue weighted by Gasteiger charge is -2.40. The number of rotatable bonds is 34. The fraction of sp³-hybridized carbons (Fsp3) is 0.646. The number of carbonyl (C=O) groups is 1. The maximum atomic E-state index is 12.9. The van der Waals surface area contributed by atoms with E-state index >= 15 is 0 Å². The normalized spacial score (nSPS) is 22.0. The van der Waals surface area contributed by atoms with Gasteiger partial charge in [0.05, 0.1) is 25.4 Å². The number of hydrogen-bond acceptors (Lipinski definition) is 8. The highest BCUT2D eigenvalue weighted by Crippen LogP contribution is 2.22. The maximum absolute atomic E-state index is 12.9. The van der Waals surface area contributed by atoms with Gasteiger partial charge in [-0.3, -0.25) is 4.79 Å². The van der Waals surface area contributed by atoms with Crippen molar-refractivity contribution in [2.24, 2.45) is 0 Å². The zero-order valence-electron chi connectivity index (χ0n) is 35.3. The van der Waals surface area contributed by atoms with Crippen molar-refractivity contribution in [1.29, 1.82) is 0 Å². The van der Waals surface area contributed by atoms with Crippen molar-refractivity contribution in [2.75, 3.05) is 13.2 Å². The van der Waals surface area contributed by atoms with E-state index in [-0.39, 0.29) is 18.9 Å². The highest BCUT2D eigenvalue weighted by molar-refractivity contribution is 5.77. The molecule has 0 spiro atoms. The molecule has 0 aromatic carbocycles. The monoisotopic (exact) mass is 798 g/mol. The number of aliphatic hydroxyl groups excluding tert-OH is 5. The maximum Gasteiger partial charge on any atom is 0.224 e. The van der Waals surface area contributed by atoms with Crippen molar-refractivity contribution in [3.8, 4) is 0 Å². The van der Waals surface area contributed by atoms with Gasteiger partial charge in [-0.05, 0) is 70.6 Å². The molecule has 7 atom stereocenters. The van der Waals surface area contributed by atoms with Crippen LogP contribution in [-0.2, 0) is 14.3 Å². The van der Waals surface area contributed by atoms with Crippen LogP contribution in [0.2, 0.25) is 0 Å². The quantitative estimate of drug-likeness (QED) is 0.0279. The third-order valence-electron chi connectivity index (χ3n) is 9.65. The second-order valence-electron chi connectivity index (χ2n) is 14.8. The van der Waals surface area contributed by atoms with Crippen LogP contribution in [0.3, 0.4) is 0 Å². The van der Waals surface area contributed by atoms with Crippen molar-refractivity contribution in [3.63, 3.8) is 0 Å². The molecule has 0 aromatic rings. The number of allylic oxidation sites excluding steroid dienone is 14. The van der Waals surface area contributed by atoms with E-state index < -0.39 is 49.5 Å². The standard InChI is InChI=1S/C48H79NO8/c1-3-5-7-9-11-13-15-17-19-20-21-22-24-25-27-29-31-33-35-37-42(51)41(40-56-48-47(55)46(54)45(53)43(39-50)57-48)49-44(52)38-36-34-32-30-28-26-23-18-16-14-12-10-8-6-4-2/h6,8,12,14,18,21-23,27-30,34-37,41-43,45-48,50-51,53-55H,3-5,7,9-11,13,15-17,19-20,24-26,31-33,38-40H2,1-2H3,(H,49,52)/b8-6-,14-12-,22-21+,23-18-,29-27+,30-28-,36-34-,37-35+. The number of nitrogens with one attached hydrogen (secondary N) is 1. The van der Waals surface area contributed by atoms with E-state index in [1.807, 2.05) is 18.2 Å². The molecule has 1 rings (SSSR count). The van der Waals surface area contributed by atoms with Gasteiger partial charge in [-0.2, -0.15) is 0 Å². The van der Waals surface area contributed by atoms with E-state index in [0.717, 1.165) is 51.4 Å². The van der Waals surface area contributed by atoms with E-state index in [4.69, 9.17) is 9.47 Å². The Hall–Kier alpha value is -2.89. The van der Waals surface area contributed by atoms with Gasteiger partial charge in [0.15, 0.2) is 6.29 Å². The summed E-state index contributed by atoms with van der Waals surface area (Å²) in [6.45, 7) is 3.55. The summed E-state index contributed by atoms with van der Waals surface area (Å²) in [5.74, 6) is -0.323. The Morgan fingerprint density at radius 3 is 1.65 bits per heavy atom. The van der Waals surface area contributed by atoms with Gasteiger partial charge < -0.3 is 40.3 Å². The summed E-state index contributed by atoms with van der Waals surface area (Å²) < 4.78 is 11.1. The minimum atomic E-state index is -1.59. The first-order valence-electron chi connectivity index (χ1n) is 22.0. The molecule has 1 amide bonds. The molecule has 6 N–H and O–H groups in total. The molecule has 0 aliphatic carbocycles. The molecule has 0 bridgehead atoms. The molecule has 1 saturated heterocycles. The second kappa shape index (κ2) is 37.4. The van der Waals surface area contributed by atoms with Gasteiger partial charge >= 0.3 is 0 Å². The van der Waals surface area contributed by atoms with Crippen LogP contribution >= 0.6 is 0 Å². The average molecular weight is 798 g/mol. The summed E-state index contributed by atoms with van der Waals surface area (Å²) in [7, 11) is 0. The van der Waals surface area contributed by atoms with Crippen LogP contribution in [0.25, 0.3) is 0 Å². The third kappa shape index (κ3) is 28.2. The van der Waals surface area contributed by atoms with Crippen molar-refractivity contribution >= 4 is 5.91 Å². The summed E-state index contributed by atoms with van der Waals surface area (Å²) >= 11 is 0. The van der Waals surface area contributed by atoms with Crippen molar-refractivity contribution in [2.45, 2.75) is 185 Å². The number of hydrogen-bond donors (Lipinski definition) is 6. The van der Waals surface area contributed by atoms with Crippen molar-refractivity contribution in [1.82, 2.24) is 5.32 Å². The van der Waals surface area contributed by atoms with Crippen LogP contribution in [0.15, 0.2) is 97.2 Å². The van der Waals surface area contributed by atoms with E-state index in [0.29, 0.717) is 12.8 Å². The molecule has 324 valence electrons. The molecule has 0 radical (unpaired) electrons. The van der Waals surface area contributed by atoms with Crippen molar-refractivity contribution < 1.29 is 39.8 Å². The molecule has 0 aromatic heterocycles. The van der Waals surface area contributed by atoms with Gasteiger partial charge in [0.25, 0.3) is 0 Å². The van der Waals surface area contributed by atoms with E-state index in [1.54, 1.807) is 12.2 Å². The molecule has 1 heterocycles. The average Bonchev–Trinajstić information content (AvgIpc) is 3.21. The first-order valence-corrected chi connectivity index (χ1v) is 22.0. The molecule has 1 aliphatic rings. The number of unbranched alkanes of at least 4 members (excludes halogenated alkanes) is 11. The first kappa shape index (κ1) is 52.1.